The topological polar surface area (TPSA) is 132 Å². The van der Waals surface area contributed by atoms with Gasteiger partial charge in [-0.1, -0.05) is 12.7 Å². The molecule has 1 fully saturated rings. The lowest BCUT2D eigenvalue weighted by Gasteiger charge is -2.18. The van der Waals surface area contributed by atoms with E-state index in [9.17, 15) is 19.8 Å². The molecular formula is C15H21N3O7. The zero-order chi connectivity index (χ0) is 18.6. The highest BCUT2D eigenvalue weighted by atomic mass is 16.6. The van der Waals surface area contributed by atoms with E-state index in [1.165, 1.54) is 19.4 Å². The summed E-state index contributed by atoms with van der Waals surface area (Å²) in [7, 11) is 1.47. The summed E-state index contributed by atoms with van der Waals surface area (Å²) in [6, 6.07) is 0. The molecule has 10 heteroatoms. The van der Waals surface area contributed by atoms with Gasteiger partial charge in [0, 0.05) is 18.9 Å². The second-order valence-electron chi connectivity index (χ2n) is 5.41. The number of aliphatic hydroxyl groups excluding tert-OH is 2. The van der Waals surface area contributed by atoms with Gasteiger partial charge in [-0.05, 0) is 6.92 Å². The normalized spacial score (nSPS) is 25.6. The first-order valence-corrected chi connectivity index (χ1v) is 7.59. The van der Waals surface area contributed by atoms with Crippen molar-refractivity contribution in [1.29, 1.82) is 0 Å². The number of methoxy groups -OCH3 is 1. The molecule has 0 spiro atoms. The highest BCUT2D eigenvalue weighted by Gasteiger charge is 2.42. The summed E-state index contributed by atoms with van der Waals surface area (Å²) in [6.07, 6.45) is -2.26. The molecule has 1 aromatic rings. The molecule has 0 aliphatic carbocycles. The Hall–Kier alpha value is -2.27. The van der Waals surface area contributed by atoms with Gasteiger partial charge in [0.25, 0.3) is 0 Å². The van der Waals surface area contributed by atoms with Crippen molar-refractivity contribution in [3.8, 4) is 0 Å². The summed E-state index contributed by atoms with van der Waals surface area (Å²) < 4.78 is 16.0. The van der Waals surface area contributed by atoms with E-state index in [1.54, 1.807) is 6.92 Å². The minimum Gasteiger partial charge on any atom is -0.447 e. The van der Waals surface area contributed by atoms with E-state index in [0.29, 0.717) is 5.56 Å². The number of aliphatic hydroxyl groups is 2. The lowest BCUT2D eigenvalue weighted by Crippen LogP contribution is -2.36. The second-order valence-corrected chi connectivity index (χ2v) is 5.41. The molecule has 0 radical (unpaired) electrons. The number of nitrogens with zero attached hydrogens (tertiary/aromatic N) is 2. The molecule has 0 saturated carbocycles. The molecule has 0 aromatic carbocycles. The fraction of sp³-hybridized carbons (Fsp3) is 0.533. The van der Waals surface area contributed by atoms with Crippen LogP contribution in [-0.2, 0) is 14.2 Å². The van der Waals surface area contributed by atoms with E-state index in [-0.39, 0.29) is 19.0 Å². The number of nitrogens with one attached hydrogen (secondary N) is 1. The monoisotopic (exact) mass is 355 g/mol. The van der Waals surface area contributed by atoms with Crippen molar-refractivity contribution in [2.45, 2.75) is 31.5 Å². The van der Waals surface area contributed by atoms with Crippen molar-refractivity contribution in [3.05, 3.63) is 28.8 Å². The van der Waals surface area contributed by atoms with Crippen molar-refractivity contribution >= 4 is 18.0 Å². The first kappa shape index (κ1) is 19.1. The van der Waals surface area contributed by atoms with Crippen LogP contribution in [0.5, 0.6) is 0 Å². The van der Waals surface area contributed by atoms with E-state index in [1.807, 2.05) is 0 Å². The lowest BCUT2D eigenvalue weighted by molar-refractivity contribution is -0.0350. The average Bonchev–Trinajstić information content (AvgIpc) is 2.83. The molecule has 4 atom stereocenters. The molecule has 0 bridgehead atoms. The van der Waals surface area contributed by atoms with Crippen molar-refractivity contribution < 1.29 is 29.2 Å². The third kappa shape index (κ3) is 4.23. The van der Waals surface area contributed by atoms with Gasteiger partial charge in [-0.15, -0.1) is 0 Å². The van der Waals surface area contributed by atoms with E-state index in [2.05, 4.69) is 16.9 Å². The maximum Gasteiger partial charge on any atom is 0.412 e. The van der Waals surface area contributed by atoms with Crippen LogP contribution in [0.3, 0.4) is 0 Å². The van der Waals surface area contributed by atoms with Crippen LogP contribution < -0.4 is 11.0 Å². The van der Waals surface area contributed by atoms with Crippen molar-refractivity contribution in [1.82, 2.24) is 9.55 Å². The average molecular weight is 355 g/mol. The number of aromatic nitrogens is 2. The van der Waals surface area contributed by atoms with E-state index in [0.717, 1.165) is 4.57 Å². The van der Waals surface area contributed by atoms with Crippen LogP contribution in [0, 0.1) is 0 Å². The Morgan fingerprint density at radius 1 is 1.48 bits per heavy atom. The molecule has 1 saturated heterocycles. The van der Waals surface area contributed by atoms with Gasteiger partial charge in [0.05, 0.1) is 12.7 Å². The number of amides is 1. The molecule has 2 heterocycles. The number of anilines is 1. The molecule has 2 rings (SSSR count). The maximum atomic E-state index is 12.2. The summed E-state index contributed by atoms with van der Waals surface area (Å²) in [5.74, 6) is -0.0419. The quantitative estimate of drug-likeness (QED) is 0.594. The van der Waals surface area contributed by atoms with Crippen LogP contribution in [0.25, 0.3) is 6.08 Å². The van der Waals surface area contributed by atoms with Gasteiger partial charge in [-0.25, -0.2) is 9.59 Å². The smallest absolute Gasteiger partial charge is 0.412 e. The van der Waals surface area contributed by atoms with Crippen LogP contribution in [-0.4, -0.2) is 64.5 Å². The molecule has 10 nitrogen and oxygen atoms in total. The van der Waals surface area contributed by atoms with Crippen LogP contribution >= 0.6 is 0 Å². The van der Waals surface area contributed by atoms with Crippen LogP contribution in [0.1, 0.15) is 18.7 Å². The van der Waals surface area contributed by atoms with E-state index in [4.69, 9.17) is 14.2 Å². The molecule has 1 amide bonds. The second kappa shape index (κ2) is 8.21. The van der Waals surface area contributed by atoms with Gasteiger partial charge in [-0.2, -0.15) is 4.98 Å². The minimum absolute atomic E-state index is 0.0419. The first-order valence-electron chi connectivity index (χ1n) is 7.59. The number of rotatable bonds is 6. The predicted molar refractivity (Wildman–Crippen MR) is 87.0 cm³/mol. The maximum absolute atomic E-state index is 12.2. The SMILES string of the molecule is C=Cc1cn([C@@H]2O[C@H](C)[C@@H](O)[C@H]2O)c(=O)nc1NC(=O)OCCOC. The van der Waals surface area contributed by atoms with Crippen molar-refractivity contribution in [2.24, 2.45) is 0 Å². The Balaban J connectivity index is 2.22. The van der Waals surface area contributed by atoms with Crippen molar-refractivity contribution in [3.63, 3.8) is 0 Å². The summed E-state index contributed by atoms with van der Waals surface area (Å²) in [5.41, 5.74) is -0.462. The summed E-state index contributed by atoms with van der Waals surface area (Å²) in [5, 5.41) is 22.1. The minimum atomic E-state index is -1.29. The van der Waals surface area contributed by atoms with E-state index >= 15 is 0 Å². The number of ether oxygens (including phenoxy) is 3. The number of carbonyl (C=O) groups is 1. The van der Waals surface area contributed by atoms with Gasteiger partial charge >= 0.3 is 11.8 Å². The summed E-state index contributed by atoms with van der Waals surface area (Å²) in [6.45, 7) is 5.45. The van der Waals surface area contributed by atoms with Gasteiger partial charge < -0.3 is 24.4 Å². The van der Waals surface area contributed by atoms with Crippen LogP contribution in [0.15, 0.2) is 17.6 Å². The molecule has 1 aliphatic rings. The Morgan fingerprint density at radius 3 is 2.76 bits per heavy atom. The molecule has 0 unspecified atom stereocenters. The lowest BCUT2D eigenvalue weighted by atomic mass is 10.1. The number of carbonyl (C=O) groups excluding carboxylic acids is 1. The molecular weight excluding hydrogens is 334 g/mol. The summed E-state index contributed by atoms with van der Waals surface area (Å²) >= 11 is 0. The number of hydrogen-bond donors (Lipinski definition) is 3. The van der Waals surface area contributed by atoms with Gasteiger partial charge in [-0.3, -0.25) is 9.88 Å². The van der Waals surface area contributed by atoms with Gasteiger partial charge in [0.2, 0.25) is 0 Å². The van der Waals surface area contributed by atoms with E-state index < -0.39 is 36.3 Å². The van der Waals surface area contributed by atoms with Crippen LogP contribution in [0.2, 0.25) is 0 Å². The Labute approximate surface area is 143 Å². The Bertz CT molecular complexity index is 690. The van der Waals surface area contributed by atoms with Crippen molar-refractivity contribution in [2.75, 3.05) is 25.6 Å². The summed E-state index contributed by atoms with van der Waals surface area (Å²) in [4.78, 5) is 27.7. The first-order chi connectivity index (χ1) is 11.9. The third-order valence-corrected chi connectivity index (χ3v) is 3.69. The zero-order valence-corrected chi connectivity index (χ0v) is 13.9. The molecule has 138 valence electrons. The molecule has 1 aromatic heterocycles. The zero-order valence-electron chi connectivity index (χ0n) is 13.9. The predicted octanol–water partition coefficient (Wildman–Crippen LogP) is -0.280. The standard InChI is InChI=1S/C15H21N3O7/c1-4-9-7-18(13-11(20)10(19)8(2)25-13)14(21)16-12(9)17-15(22)24-6-5-23-3/h4,7-8,10-11,13,19-20H,1,5-6H2,2-3H3,(H,16,17,21,22)/t8-,10-,11-,13-/m1/s1. The fourth-order valence-electron chi connectivity index (χ4n) is 2.32. The van der Waals surface area contributed by atoms with Gasteiger partial charge in [0.15, 0.2) is 6.23 Å². The Kier molecular flexibility index (Phi) is 6.26. The highest BCUT2D eigenvalue weighted by molar-refractivity contribution is 5.85. The molecule has 1 aliphatic heterocycles. The highest BCUT2D eigenvalue weighted by Crippen LogP contribution is 2.28. The number of hydrogen-bond acceptors (Lipinski definition) is 8. The Morgan fingerprint density at radius 2 is 2.20 bits per heavy atom. The van der Waals surface area contributed by atoms with Crippen LogP contribution in [0.4, 0.5) is 10.6 Å². The molecule has 25 heavy (non-hydrogen) atoms. The third-order valence-electron chi connectivity index (χ3n) is 3.69. The fourth-order valence-corrected chi connectivity index (χ4v) is 2.32. The molecule has 3 N–H and O–H groups in total. The largest absolute Gasteiger partial charge is 0.447 e. The van der Waals surface area contributed by atoms with Gasteiger partial charge in [0.1, 0.15) is 24.6 Å².